The minimum absolute atomic E-state index is 0.208. The van der Waals surface area contributed by atoms with E-state index in [0.717, 1.165) is 5.56 Å². The van der Waals surface area contributed by atoms with Gasteiger partial charge in [0.25, 0.3) is 11.8 Å². The Labute approximate surface area is 191 Å². The number of hydrogen-bond donors (Lipinski definition) is 2. The van der Waals surface area contributed by atoms with Gasteiger partial charge in [-0.3, -0.25) is 9.59 Å². The van der Waals surface area contributed by atoms with Gasteiger partial charge in [0.05, 0.1) is 13.7 Å². The van der Waals surface area contributed by atoms with E-state index in [1.807, 2.05) is 12.1 Å². The van der Waals surface area contributed by atoms with Gasteiger partial charge in [0.1, 0.15) is 11.5 Å². The van der Waals surface area contributed by atoms with Crippen LogP contribution < -0.4 is 20.1 Å². The second-order valence-corrected chi connectivity index (χ2v) is 6.83. The molecule has 0 radical (unpaired) electrons. The number of nitrogens with one attached hydrogen (secondary N) is 2. The number of benzene rings is 3. The molecule has 0 aliphatic heterocycles. The molecule has 0 spiro atoms. The van der Waals surface area contributed by atoms with Crippen molar-refractivity contribution in [3.05, 3.63) is 89.5 Å². The van der Waals surface area contributed by atoms with Crippen LogP contribution in [-0.4, -0.2) is 31.7 Å². The summed E-state index contributed by atoms with van der Waals surface area (Å²) in [6.45, 7) is 2.12. The molecule has 33 heavy (non-hydrogen) atoms. The number of hydrogen-bond acceptors (Lipinski definition) is 6. The molecular formula is C25H24N2O6. The maximum absolute atomic E-state index is 12.7. The highest BCUT2D eigenvalue weighted by Gasteiger charge is 2.12. The van der Waals surface area contributed by atoms with Gasteiger partial charge < -0.3 is 24.8 Å². The van der Waals surface area contributed by atoms with Gasteiger partial charge in [-0.15, -0.1) is 0 Å². The average Bonchev–Trinajstić information content (AvgIpc) is 2.84. The molecular weight excluding hydrogens is 424 g/mol. The van der Waals surface area contributed by atoms with Gasteiger partial charge in [0.15, 0.2) is 0 Å². The Hall–Kier alpha value is -4.33. The molecule has 2 amide bonds. The zero-order valence-electron chi connectivity index (χ0n) is 18.3. The van der Waals surface area contributed by atoms with Crippen LogP contribution in [0.2, 0.25) is 0 Å². The minimum Gasteiger partial charge on any atom is -0.497 e. The number of ether oxygens (including phenoxy) is 3. The van der Waals surface area contributed by atoms with Crippen LogP contribution in [0.4, 0.5) is 10.5 Å². The first kappa shape index (κ1) is 23.3. The summed E-state index contributed by atoms with van der Waals surface area (Å²) >= 11 is 0. The highest BCUT2D eigenvalue weighted by molar-refractivity contribution is 6.04. The summed E-state index contributed by atoms with van der Waals surface area (Å²) in [5.41, 5.74) is 2.20. The lowest BCUT2D eigenvalue weighted by Crippen LogP contribution is -2.23. The summed E-state index contributed by atoms with van der Waals surface area (Å²) in [6.07, 6.45) is -0.805. The van der Waals surface area contributed by atoms with Gasteiger partial charge in [0.2, 0.25) is 0 Å². The summed E-state index contributed by atoms with van der Waals surface area (Å²) in [5.74, 6) is 0.356. The Morgan fingerprint density at radius 3 is 2.03 bits per heavy atom. The van der Waals surface area contributed by atoms with E-state index in [1.165, 1.54) is 24.3 Å². The van der Waals surface area contributed by atoms with Crippen molar-refractivity contribution in [1.82, 2.24) is 5.32 Å². The molecule has 2 N–H and O–H groups in total. The number of para-hydroxylation sites is 1. The summed E-state index contributed by atoms with van der Waals surface area (Å²) in [5, 5.41) is 5.70. The lowest BCUT2D eigenvalue weighted by atomic mass is 10.1. The van der Waals surface area contributed by atoms with Crippen molar-refractivity contribution in [1.29, 1.82) is 0 Å². The van der Waals surface area contributed by atoms with E-state index in [0.29, 0.717) is 22.6 Å². The fraction of sp³-hybridized carbons (Fsp3) is 0.160. The van der Waals surface area contributed by atoms with Crippen LogP contribution in [0.25, 0.3) is 0 Å². The van der Waals surface area contributed by atoms with E-state index < -0.39 is 6.16 Å². The van der Waals surface area contributed by atoms with E-state index in [9.17, 15) is 14.4 Å². The lowest BCUT2D eigenvalue weighted by molar-refractivity contribution is 0.0949. The Balaban J connectivity index is 1.62. The van der Waals surface area contributed by atoms with Crippen molar-refractivity contribution in [2.75, 3.05) is 19.0 Å². The van der Waals surface area contributed by atoms with Crippen molar-refractivity contribution in [2.24, 2.45) is 0 Å². The first-order valence-corrected chi connectivity index (χ1v) is 10.3. The summed E-state index contributed by atoms with van der Waals surface area (Å²) < 4.78 is 14.8. The third-order valence-corrected chi connectivity index (χ3v) is 4.64. The van der Waals surface area contributed by atoms with Crippen molar-refractivity contribution in [3.63, 3.8) is 0 Å². The second-order valence-electron chi connectivity index (χ2n) is 6.83. The number of amides is 2. The van der Waals surface area contributed by atoms with E-state index in [-0.39, 0.29) is 30.7 Å². The second kappa shape index (κ2) is 11.3. The van der Waals surface area contributed by atoms with E-state index in [4.69, 9.17) is 14.2 Å². The molecule has 3 aromatic carbocycles. The van der Waals surface area contributed by atoms with Crippen LogP contribution in [0.15, 0.2) is 72.8 Å². The summed E-state index contributed by atoms with van der Waals surface area (Å²) in [7, 11) is 1.56. The van der Waals surface area contributed by atoms with Crippen LogP contribution >= 0.6 is 0 Å². The van der Waals surface area contributed by atoms with Crippen molar-refractivity contribution in [3.8, 4) is 11.5 Å². The van der Waals surface area contributed by atoms with Crippen LogP contribution in [0.3, 0.4) is 0 Å². The maximum Gasteiger partial charge on any atom is 0.513 e. The molecule has 0 saturated heterocycles. The van der Waals surface area contributed by atoms with Crippen molar-refractivity contribution >= 4 is 23.7 Å². The molecule has 0 aliphatic carbocycles. The Morgan fingerprint density at radius 2 is 1.39 bits per heavy atom. The van der Waals surface area contributed by atoms with Crippen molar-refractivity contribution < 1.29 is 28.6 Å². The largest absolute Gasteiger partial charge is 0.513 e. The lowest BCUT2D eigenvalue weighted by Gasteiger charge is -2.12. The normalized spacial score (nSPS) is 10.1. The molecule has 8 nitrogen and oxygen atoms in total. The molecule has 8 heteroatoms. The maximum atomic E-state index is 12.7. The van der Waals surface area contributed by atoms with E-state index >= 15 is 0 Å². The molecule has 0 fully saturated rings. The number of methoxy groups -OCH3 is 1. The Kier molecular flexibility index (Phi) is 8.02. The first-order valence-electron chi connectivity index (χ1n) is 10.3. The molecule has 0 bridgehead atoms. The summed E-state index contributed by atoms with van der Waals surface area (Å²) in [6, 6.07) is 20.1. The topological polar surface area (TPSA) is 103 Å². The molecule has 0 saturated carbocycles. The quantitative estimate of drug-likeness (QED) is 0.391. The van der Waals surface area contributed by atoms with E-state index in [2.05, 4.69) is 10.6 Å². The SMILES string of the molecule is CCOC(=O)Oc1ccc(C(=O)Nc2ccccc2CNC(=O)c2ccc(OC)cc2)cc1. The predicted molar refractivity (Wildman–Crippen MR) is 123 cm³/mol. The van der Waals surface area contributed by atoms with E-state index in [1.54, 1.807) is 50.4 Å². The molecule has 170 valence electrons. The molecule has 0 aliphatic rings. The fourth-order valence-electron chi connectivity index (χ4n) is 2.93. The first-order chi connectivity index (χ1) is 16.0. The minimum atomic E-state index is -0.805. The van der Waals surface area contributed by atoms with Gasteiger partial charge in [-0.25, -0.2) is 4.79 Å². The van der Waals surface area contributed by atoms with Gasteiger partial charge >= 0.3 is 6.16 Å². The fourth-order valence-corrected chi connectivity index (χ4v) is 2.93. The van der Waals surface area contributed by atoms with Gasteiger partial charge in [-0.05, 0) is 67.1 Å². The monoisotopic (exact) mass is 448 g/mol. The average molecular weight is 448 g/mol. The Bertz CT molecular complexity index is 1110. The number of rotatable bonds is 8. The van der Waals surface area contributed by atoms with Gasteiger partial charge in [0, 0.05) is 23.4 Å². The zero-order chi connectivity index (χ0) is 23.6. The molecule has 0 unspecified atom stereocenters. The standard InChI is InChI=1S/C25H24N2O6/c1-3-32-25(30)33-21-14-10-18(11-15-21)24(29)27-22-7-5-4-6-19(22)16-26-23(28)17-8-12-20(31-2)13-9-17/h4-15H,3,16H2,1-2H3,(H,26,28)(H,27,29). The smallest absolute Gasteiger partial charge is 0.497 e. The molecule has 0 heterocycles. The van der Waals surface area contributed by atoms with Crippen molar-refractivity contribution in [2.45, 2.75) is 13.5 Å². The van der Waals surface area contributed by atoms with Crippen LogP contribution in [0, 0.1) is 0 Å². The third-order valence-electron chi connectivity index (χ3n) is 4.64. The van der Waals surface area contributed by atoms with Gasteiger partial charge in [-0.1, -0.05) is 18.2 Å². The third kappa shape index (κ3) is 6.57. The number of carbonyl (C=O) groups excluding carboxylic acids is 3. The summed E-state index contributed by atoms with van der Waals surface area (Å²) in [4.78, 5) is 36.5. The van der Waals surface area contributed by atoms with Crippen LogP contribution in [0.5, 0.6) is 11.5 Å². The zero-order valence-corrected chi connectivity index (χ0v) is 18.3. The highest BCUT2D eigenvalue weighted by atomic mass is 16.7. The van der Waals surface area contributed by atoms with Crippen LogP contribution in [0.1, 0.15) is 33.2 Å². The molecule has 3 aromatic rings. The number of carbonyl (C=O) groups is 3. The Morgan fingerprint density at radius 1 is 0.788 bits per heavy atom. The molecule has 0 aromatic heterocycles. The molecule has 3 rings (SSSR count). The van der Waals surface area contributed by atoms with Crippen LogP contribution in [-0.2, 0) is 11.3 Å². The highest BCUT2D eigenvalue weighted by Crippen LogP contribution is 2.19. The van der Waals surface area contributed by atoms with Gasteiger partial charge in [-0.2, -0.15) is 0 Å². The molecule has 0 atom stereocenters. The predicted octanol–water partition coefficient (Wildman–Crippen LogP) is 4.41. The number of anilines is 1.